The van der Waals surface area contributed by atoms with E-state index >= 15 is 0 Å². The lowest BCUT2D eigenvalue weighted by atomic mass is 9.80. The summed E-state index contributed by atoms with van der Waals surface area (Å²) < 4.78 is 0. The molecule has 0 radical (unpaired) electrons. The minimum atomic E-state index is 0.743. The van der Waals surface area contributed by atoms with Crippen LogP contribution in [0.4, 0.5) is 0 Å². The van der Waals surface area contributed by atoms with Gasteiger partial charge in [0.2, 0.25) is 0 Å². The van der Waals surface area contributed by atoms with Gasteiger partial charge in [-0.15, -0.1) is 0 Å². The Balaban J connectivity index is 1.98. The maximum Gasteiger partial charge on any atom is -0.0119 e. The zero-order chi connectivity index (χ0) is 13.4. The van der Waals surface area contributed by atoms with Gasteiger partial charge in [0, 0.05) is 0 Å². The molecular formula is C19H24. The molecule has 1 aromatic rings. The van der Waals surface area contributed by atoms with Crippen LogP contribution in [-0.4, -0.2) is 0 Å². The van der Waals surface area contributed by atoms with Gasteiger partial charge in [0.15, 0.2) is 0 Å². The van der Waals surface area contributed by atoms with Gasteiger partial charge in [-0.2, -0.15) is 0 Å². The van der Waals surface area contributed by atoms with Crippen LogP contribution in [-0.2, 0) is 0 Å². The Hall–Kier alpha value is -1.30. The molecule has 0 amide bonds. The summed E-state index contributed by atoms with van der Waals surface area (Å²) in [5.41, 5.74) is 4.55. The predicted octanol–water partition coefficient (Wildman–Crippen LogP) is 5.18. The Labute approximate surface area is 117 Å². The molecule has 0 N–H and O–H groups in total. The Bertz CT molecular complexity index is 521. The predicted molar refractivity (Wildman–Crippen MR) is 82.3 cm³/mol. The summed E-state index contributed by atoms with van der Waals surface area (Å²) >= 11 is 0. The molecule has 1 aromatic carbocycles. The SMILES string of the molecule is CCC1C(c2cccc(C)c2C)CC2C=CC=CC21. The fourth-order valence-corrected chi connectivity index (χ4v) is 4.19. The van der Waals surface area contributed by atoms with Crippen LogP contribution in [0.3, 0.4) is 0 Å². The van der Waals surface area contributed by atoms with Crippen LogP contribution in [0.25, 0.3) is 0 Å². The molecular weight excluding hydrogens is 228 g/mol. The van der Waals surface area contributed by atoms with E-state index in [0.717, 1.165) is 23.7 Å². The Morgan fingerprint density at radius 2 is 1.89 bits per heavy atom. The summed E-state index contributed by atoms with van der Waals surface area (Å²) in [4.78, 5) is 0. The molecule has 0 saturated heterocycles. The van der Waals surface area contributed by atoms with E-state index in [1.807, 2.05) is 0 Å². The summed E-state index contributed by atoms with van der Waals surface area (Å²) in [5.74, 6) is 3.08. The van der Waals surface area contributed by atoms with E-state index in [2.05, 4.69) is 63.3 Å². The maximum absolute atomic E-state index is 2.45. The quantitative estimate of drug-likeness (QED) is 0.680. The molecule has 0 spiro atoms. The first kappa shape index (κ1) is 12.7. The first-order valence-electron chi connectivity index (χ1n) is 7.63. The molecule has 0 aromatic heterocycles. The van der Waals surface area contributed by atoms with E-state index in [4.69, 9.17) is 0 Å². The molecule has 1 saturated carbocycles. The highest BCUT2D eigenvalue weighted by Crippen LogP contribution is 2.51. The lowest BCUT2D eigenvalue weighted by Gasteiger charge is -2.25. The lowest BCUT2D eigenvalue weighted by Crippen LogP contribution is -2.15. The largest absolute Gasteiger partial charge is 0.0808 e. The van der Waals surface area contributed by atoms with Crippen molar-refractivity contribution < 1.29 is 0 Å². The van der Waals surface area contributed by atoms with Crippen molar-refractivity contribution in [3.63, 3.8) is 0 Å². The van der Waals surface area contributed by atoms with E-state index in [1.54, 1.807) is 5.56 Å². The number of rotatable bonds is 2. The van der Waals surface area contributed by atoms with Gasteiger partial charge in [-0.1, -0.05) is 55.8 Å². The van der Waals surface area contributed by atoms with Crippen molar-refractivity contribution in [3.05, 3.63) is 59.2 Å². The van der Waals surface area contributed by atoms with Gasteiger partial charge in [0.05, 0.1) is 0 Å². The van der Waals surface area contributed by atoms with Crippen molar-refractivity contribution in [2.75, 3.05) is 0 Å². The second-order valence-electron chi connectivity index (χ2n) is 6.21. The van der Waals surface area contributed by atoms with Gasteiger partial charge in [0.25, 0.3) is 0 Å². The van der Waals surface area contributed by atoms with Crippen molar-refractivity contribution >= 4 is 0 Å². The third kappa shape index (κ3) is 2.08. The summed E-state index contributed by atoms with van der Waals surface area (Å²) in [6.07, 6.45) is 12.0. The number of benzene rings is 1. The molecule has 1 fully saturated rings. The highest BCUT2D eigenvalue weighted by atomic mass is 14.4. The van der Waals surface area contributed by atoms with Crippen molar-refractivity contribution in [2.24, 2.45) is 17.8 Å². The van der Waals surface area contributed by atoms with Gasteiger partial charge in [-0.05, 0) is 60.6 Å². The molecule has 0 bridgehead atoms. The lowest BCUT2D eigenvalue weighted by molar-refractivity contribution is 0.383. The number of allylic oxidation sites excluding steroid dienone is 4. The molecule has 2 aliphatic carbocycles. The third-order valence-electron chi connectivity index (χ3n) is 5.35. The third-order valence-corrected chi connectivity index (χ3v) is 5.35. The summed E-state index contributed by atoms with van der Waals surface area (Å²) in [7, 11) is 0. The first-order valence-corrected chi connectivity index (χ1v) is 7.63. The van der Waals surface area contributed by atoms with Gasteiger partial charge < -0.3 is 0 Å². The van der Waals surface area contributed by atoms with E-state index in [0.29, 0.717) is 0 Å². The molecule has 2 aliphatic rings. The monoisotopic (exact) mass is 252 g/mol. The fraction of sp³-hybridized carbons (Fsp3) is 0.474. The van der Waals surface area contributed by atoms with Crippen molar-refractivity contribution in [1.29, 1.82) is 0 Å². The Morgan fingerprint density at radius 1 is 1.11 bits per heavy atom. The molecule has 3 rings (SSSR count). The van der Waals surface area contributed by atoms with Crippen molar-refractivity contribution in [3.8, 4) is 0 Å². The maximum atomic E-state index is 2.45. The average molecular weight is 252 g/mol. The van der Waals surface area contributed by atoms with Gasteiger partial charge in [0.1, 0.15) is 0 Å². The average Bonchev–Trinajstić information content (AvgIpc) is 2.80. The Morgan fingerprint density at radius 3 is 2.68 bits per heavy atom. The molecule has 4 atom stereocenters. The van der Waals surface area contributed by atoms with Crippen LogP contribution < -0.4 is 0 Å². The summed E-state index contributed by atoms with van der Waals surface area (Å²) in [5, 5.41) is 0. The molecule has 0 heterocycles. The van der Waals surface area contributed by atoms with Crippen molar-refractivity contribution in [2.45, 2.75) is 39.5 Å². The van der Waals surface area contributed by atoms with Crippen molar-refractivity contribution in [1.82, 2.24) is 0 Å². The molecule has 0 heteroatoms. The van der Waals surface area contributed by atoms with Crippen LogP contribution in [0.5, 0.6) is 0 Å². The van der Waals surface area contributed by atoms with Gasteiger partial charge in [-0.25, -0.2) is 0 Å². The van der Waals surface area contributed by atoms with E-state index in [-0.39, 0.29) is 0 Å². The first-order chi connectivity index (χ1) is 9.22. The smallest absolute Gasteiger partial charge is 0.0119 e. The highest BCUT2D eigenvalue weighted by molar-refractivity contribution is 5.38. The number of aryl methyl sites for hydroxylation is 1. The normalized spacial score (nSPS) is 32.6. The standard InChI is InChI=1S/C19H24/c1-4-16-18-10-6-5-9-15(18)12-19(16)17-11-7-8-13(2)14(17)3/h5-11,15-16,18-19H,4,12H2,1-3H3. The van der Waals surface area contributed by atoms with Crippen LogP contribution >= 0.6 is 0 Å². The number of hydrogen-bond donors (Lipinski definition) is 0. The second kappa shape index (κ2) is 5.00. The fourth-order valence-electron chi connectivity index (χ4n) is 4.19. The van der Waals surface area contributed by atoms with Crippen LogP contribution in [0.1, 0.15) is 42.4 Å². The highest BCUT2D eigenvalue weighted by Gasteiger charge is 2.41. The zero-order valence-corrected chi connectivity index (χ0v) is 12.3. The summed E-state index contributed by atoms with van der Waals surface area (Å²) in [6.45, 7) is 6.89. The minimum absolute atomic E-state index is 0.743. The zero-order valence-electron chi connectivity index (χ0n) is 12.3. The van der Waals surface area contributed by atoms with Gasteiger partial charge >= 0.3 is 0 Å². The topological polar surface area (TPSA) is 0 Å². The van der Waals surface area contributed by atoms with Crippen LogP contribution in [0, 0.1) is 31.6 Å². The molecule has 4 unspecified atom stereocenters. The van der Waals surface area contributed by atoms with Crippen LogP contribution in [0.15, 0.2) is 42.5 Å². The molecule has 0 nitrogen and oxygen atoms in total. The number of hydrogen-bond acceptors (Lipinski definition) is 0. The molecule has 0 aliphatic heterocycles. The van der Waals surface area contributed by atoms with E-state index < -0.39 is 0 Å². The molecule has 19 heavy (non-hydrogen) atoms. The van der Waals surface area contributed by atoms with E-state index in [1.165, 1.54) is 24.0 Å². The van der Waals surface area contributed by atoms with Gasteiger partial charge in [-0.3, -0.25) is 0 Å². The minimum Gasteiger partial charge on any atom is -0.0808 e. The van der Waals surface area contributed by atoms with E-state index in [9.17, 15) is 0 Å². The second-order valence-corrected chi connectivity index (χ2v) is 6.21. The summed E-state index contributed by atoms with van der Waals surface area (Å²) in [6, 6.07) is 6.83. The van der Waals surface area contributed by atoms with Crippen LogP contribution in [0.2, 0.25) is 0 Å². The number of fused-ring (bicyclic) bond motifs is 1. The molecule has 100 valence electrons. The Kier molecular flexibility index (Phi) is 3.35.